The molecule has 0 aromatic rings. The smallest absolute Gasteiger partial charge is 0.173 e. The Labute approximate surface area is 74.2 Å². The van der Waals surface area contributed by atoms with Crippen molar-refractivity contribution in [3.63, 3.8) is 0 Å². The molecule has 0 bridgehead atoms. The number of ether oxygens (including phenoxy) is 2. The first kappa shape index (κ1) is 8.52. The van der Waals surface area contributed by atoms with Gasteiger partial charge in [-0.15, -0.1) is 0 Å². The molecule has 1 aliphatic heterocycles. The average molecular weight is 170 g/mol. The van der Waals surface area contributed by atoms with Crippen molar-refractivity contribution < 1.29 is 9.47 Å². The van der Waals surface area contributed by atoms with Crippen LogP contribution in [0, 0.1) is 5.41 Å². The van der Waals surface area contributed by atoms with Crippen LogP contribution in [0.1, 0.15) is 39.0 Å². The zero-order chi connectivity index (χ0) is 8.66. The Morgan fingerprint density at radius 3 is 2.75 bits per heavy atom. The van der Waals surface area contributed by atoms with Gasteiger partial charge in [0.1, 0.15) is 0 Å². The Bertz CT molecular complexity index is 149. The molecule has 0 N–H and O–H groups in total. The monoisotopic (exact) mass is 170 g/mol. The van der Waals surface area contributed by atoms with E-state index in [4.69, 9.17) is 9.47 Å². The molecule has 1 heterocycles. The van der Waals surface area contributed by atoms with Crippen LogP contribution in [0.25, 0.3) is 0 Å². The minimum atomic E-state index is -0.207. The van der Waals surface area contributed by atoms with Crippen LogP contribution in [0.15, 0.2) is 0 Å². The molecule has 2 fully saturated rings. The first-order valence-electron chi connectivity index (χ1n) is 4.98. The van der Waals surface area contributed by atoms with Crippen molar-refractivity contribution in [2.45, 2.75) is 44.8 Å². The topological polar surface area (TPSA) is 18.5 Å². The molecule has 0 spiro atoms. The zero-order valence-corrected chi connectivity index (χ0v) is 8.06. The summed E-state index contributed by atoms with van der Waals surface area (Å²) in [4.78, 5) is 0. The molecule has 2 rings (SSSR count). The van der Waals surface area contributed by atoms with Crippen LogP contribution in [-0.2, 0) is 9.47 Å². The van der Waals surface area contributed by atoms with Crippen molar-refractivity contribution in [3.05, 3.63) is 0 Å². The first-order valence-corrected chi connectivity index (χ1v) is 4.98. The fraction of sp³-hybridized carbons (Fsp3) is 1.00. The van der Waals surface area contributed by atoms with Gasteiger partial charge >= 0.3 is 0 Å². The van der Waals surface area contributed by atoms with Gasteiger partial charge in [-0.05, 0) is 25.7 Å². The zero-order valence-electron chi connectivity index (χ0n) is 8.06. The van der Waals surface area contributed by atoms with E-state index >= 15 is 0 Å². The van der Waals surface area contributed by atoms with Crippen LogP contribution >= 0.6 is 0 Å². The molecule has 0 radical (unpaired) electrons. The third-order valence-corrected chi connectivity index (χ3v) is 3.89. The minimum absolute atomic E-state index is 0.207. The Hall–Kier alpha value is -0.0800. The van der Waals surface area contributed by atoms with Gasteiger partial charge in [0.2, 0.25) is 0 Å². The van der Waals surface area contributed by atoms with Gasteiger partial charge in [0.05, 0.1) is 6.61 Å². The second-order valence-corrected chi connectivity index (χ2v) is 4.04. The SMILES string of the molecule is CCC12CCCC1(OC)OCC2. The van der Waals surface area contributed by atoms with Crippen molar-refractivity contribution in [2.24, 2.45) is 5.41 Å². The minimum Gasteiger partial charge on any atom is -0.353 e. The molecule has 2 aliphatic rings. The predicted molar refractivity (Wildman–Crippen MR) is 46.9 cm³/mol. The van der Waals surface area contributed by atoms with E-state index in [1.165, 1.54) is 25.7 Å². The molecule has 0 aromatic carbocycles. The summed E-state index contributed by atoms with van der Waals surface area (Å²) in [6.45, 7) is 3.15. The van der Waals surface area contributed by atoms with Gasteiger partial charge < -0.3 is 9.47 Å². The van der Waals surface area contributed by atoms with E-state index in [0.717, 1.165) is 13.0 Å². The van der Waals surface area contributed by atoms with E-state index in [2.05, 4.69) is 6.92 Å². The maximum absolute atomic E-state index is 5.79. The van der Waals surface area contributed by atoms with Gasteiger partial charge in [-0.25, -0.2) is 0 Å². The molecular weight excluding hydrogens is 152 g/mol. The van der Waals surface area contributed by atoms with Gasteiger partial charge in [-0.3, -0.25) is 0 Å². The van der Waals surface area contributed by atoms with E-state index in [0.29, 0.717) is 5.41 Å². The summed E-state index contributed by atoms with van der Waals surface area (Å²) >= 11 is 0. The van der Waals surface area contributed by atoms with Crippen molar-refractivity contribution >= 4 is 0 Å². The van der Waals surface area contributed by atoms with Gasteiger partial charge in [0.25, 0.3) is 0 Å². The number of methoxy groups -OCH3 is 1. The molecule has 0 amide bonds. The largest absolute Gasteiger partial charge is 0.353 e. The molecule has 2 unspecified atom stereocenters. The summed E-state index contributed by atoms with van der Waals surface area (Å²) in [5, 5.41) is 0. The van der Waals surface area contributed by atoms with Crippen LogP contribution in [0.5, 0.6) is 0 Å². The summed E-state index contributed by atoms with van der Waals surface area (Å²) in [5.74, 6) is -0.207. The van der Waals surface area contributed by atoms with Crippen molar-refractivity contribution in [3.8, 4) is 0 Å². The lowest BCUT2D eigenvalue weighted by atomic mass is 9.78. The predicted octanol–water partition coefficient (Wildman–Crippen LogP) is 2.33. The molecule has 12 heavy (non-hydrogen) atoms. The maximum atomic E-state index is 5.79. The summed E-state index contributed by atoms with van der Waals surface area (Å²) in [6.07, 6.45) is 6.04. The van der Waals surface area contributed by atoms with Crippen molar-refractivity contribution in [1.82, 2.24) is 0 Å². The third kappa shape index (κ3) is 0.826. The van der Waals surface area contributed by atoms with E-state index in [1.807, 2.05) is 0 Å². The molecule has 1 aliphatic carbocycles. The molecular formula is C10H18O2. The van der Waals surface area contributed by atoms with Crippen LogP contribution in [-0.4, -0.2) is 19.5 Å². The Morgan fingerprint density at radius 1 is 1.33 bits per heavy atom. The molecule has 0 aromatic heterocycles. The maximum Gasteiger partial charge on any atom is 0.173 e. The number of fused-ring (bicyclic) bond motifs is 1. The lowest BCUT2D eigenvalue weighted by molar-refractivity contribution is -0.232. The normalized spacial score (nSPS) is 46.5. The van der Waals surface area contributed by atoms with Gasteiger partial charge in [-0.2, -0.15) is 0 Å². The van der Waals surface area contributed by atoms with Crippen LogP contribution in [0.4, 0.5) is 0 Å². The summed E-state index contributed by atoms with van der Waals surface area (Å²) in [5.41, 5.74) is 0.349. The molecule has 2 heteroatoms. The third-order valence-electron chi connectivity index (χ3n) is 3.89. The summed E-state index contributed by atoms with van der Waals surface area (Å²) in [6, 6.07) is 0. The quantitative estimate of drug-likeness (QED) is 0.633. The molecule has 1 saturated carbocycles. The van der Waals surface area contributed by atoms with Gasteiger partial charge in [0, 0.05) is 18.9 Å². The van der Waals surface area contributed by atoms with E-state index in [-0.39, 0.29) is 5.79 Å². The fourth-order valence-electron chi connectivity index (χ4n) is 3.07. The number of hydrogen-bond acceptors (Lipinski definition) is 2. The van der Waals surface area contributed by atoms with E-state index < -0.39 is 0 Å². The van der Waals surface area contributed by atoms with Crippen LogP contribution in [0.2, 0.25) is 0 Å². The Kier molecular flexibility index (Phi) is 1.92. The number of hydrogen-bond donors (Lipinski definition) is 0. The molecule has 1 saturated heterocycles. The highest BCUT2D eigenvalue weighted by molar-refractivity contribution is 5.02. The van der Waals surface area contributed by atoms with E-state index in [9.17, 15) is 0 Å². The van der Waals surface area contributed by atoms with E-state index in [1.54, 1.807) is 7.11 Å². The summed E-state index contributed by atoms with van der Waals surface area (Å²) < 4.78 is 11.4. The summed E-state index contributed by atoms with van der Waals surface area (Å²) in [7, 11) is 1.79. The van der Waals surface area contributed by atoms with Gasteiger partial charge in [-0.1, -0.05) is 6.92 Å². The lowest BCUT2D eigenvalue weighted by Gasteiger charge is -2.37. The standard InChI is InChI=1S/C10H18O2/c1-3-9-5-4-6-10(9,11-2)12-8-7-9/h3-8H2,1-2H3. The molecule has 2 atom stereocenters. The van der Waals surface area contributed by atoms with Crippen LogP contribution < -0.4 is 0 Å². The van der Waals surface area contributed by atoms with Crippen LogP contribution in [0.3, 0.4) is 0 Å². The highest BCUT2D eigenvalue weighted by Gasteiger charge is 2.58. The number of rotatable bonds is 2. The molecule has 70 valence electrons. The molecule has 2 nitrogen and oxygen atoms in total. The first-order chi connectivity index (χ1) is 5.79. The van der Waals surface area contributed by atoms with Gasteiger partial charge in [0.15, 0.2) is 5.79 Å². The highest BCUT2D eigenvalue weighted by Crippen LogP contribution is 2.57. The second kappa shape index (κ2) is 2.71. The van der Waals surface area contributed by atoms with Crippen molar-refractivity contribution in [2.75, 3.05) is 13.7 Å². The average Bonchev–Trinajstić information content (AvgIpc) is 2.58. The second-order valence-electron chi connectivity index (χ2n) is 4.04. The fourth-order valence-corrected chi connectivity index (χ4v) is 3.07. The Morgan fingerprint density at radius 2 is 2.17 bits per heavy atom. The lowest BCUT2D eigenvalue weighted by Crippen LogP contribution is -2.41. The van der Waals surface area contributed by atoms with Crippen molar-refractivity contribution in [1.29, 1.82) is 0 Å². The Balaban J connectivity index is 2.29. The highest BCUT2D eigenvalue weighted by atomic mass is 16.7.